The Kier molecular flexibility index (Phi) is 4.71. The van der Waals surface area contributed by atoms with E-state index in [0.29, 0.717) is 6.42 Å². The number of hydrogen-bond acceptors (Lipinski definition) is 1. The minimum Gasteiger partial charge on any atom is -0.391 e. The van der Waals surface area contributed by atoms with Crippen LogP contribution >= 0.6 is 0 Å². The van der Waals surface area contributed by atoms with Crippen molar-refractivity contribution in [2.45, 2.75) is 62.0 Å². The summed E-state index contributed by atoms with van der Waals surface area (Å²) < 4.78 is 119. The summed E-state index contributed by atoms with van der Waals surface area (Å²) in [6, 6.07) is 0. The summed E-state index contributed by atoms with van der Waals surface area (Å²) in [5, 5.41) is 0. The molecule has 1 rings (SSSR count). The molecule has 1 aliphatic rings. The highest BCUT2D eigenvalue weighted by Gasteiger charge is 2.91. The van der Waals surface area contributed by atoms with Crippen LogP contribution in [-0.2, 0) is 4.43 Å². The zero-order chi connectivity index (χ0) is 16.7. The highest BCUT2D eigenvalue weighted by molar-refractivity contribution is 6.79. The van der Waals surface area contributed by atoms with Crippen molar-refractivity contribution in [2.75, 3.05) is 0 Å². The molecule has 0 heterocycles. The van der Waals surface area contributed by atoms with E-state index in [4.69, 9.17) is 0 Å². The van der Waals surface area contributed by atoms with Crippen LogP contribution in [0, 0.1) is 0 Å². The van der Waals surface area contributed by atoms with E-state index in [9.17, 15) is 39.5 Å². The van der Waals surface area contributed by atoms with Crippen LogP contribution in [0.25, 0.3) is 0 Å². The maximum atomic E-state index is 12.8. The van der Waals surface area contributed by atoms with Crippen LogP contribution in [-0.4, -0.2) is 31.3 Å². The first-order valence-corrected chi connectivity index (χ1v) is 7.97. The van der Waals surface area contributed by atoms with Crippen molar-refractivity contribution in [3.63, 3.8) is 0 Å². The van der Waals surface area contributed by atoms with Gasteiger partial charge in [-0.25, -0.2) is 0 Å². The molecule has 21 heavy (non-hydrogen) atoms. The number of halogens is 9. The molecule has 0 N–H and O–H groups in total. The second kappa shape index (κ2) is 5.32. The molecule has 0 atom stereocenters. The van der Waals surface area contributed by atoms with Crippen molar-refractivity contribution < 1.29 is 43.9 Å². The molecule has 0 unspecified atom stereocenters. The van der Waals surface area contributed by atoms with E-state index in [-0.39, 0.29) is 25.7 Å². The topological polar surface area (TPSA) is 9.23 Å². The highest BCUT2D eigenvalue weighted by atomic mass is 28.4. The third kappa shape index (κ3) is 3.32. The second-order valence-electron chi connectivity index (χ2n) is 5.29. The highest BCUT2D eigenvalue weighted by Crippen LogP contribution is 2.53. The van der Waals surface area contributed by atoms with Crippen molar-refractivity contribution in [1.29, 1.82) is 0 Å². The molecule has 1 aliphatic carbocycles. The molecule has 0 bridgehead atoms. The molecule has 11 heteroatoms. The fourth-order valence-electron chi connectivity index (χ4n) is 2.43. The zero-order valence-corrected chi connectivity index (χ0v) is 11.8. The van der Waals surface area contributed by atoms with Crippen molar-refractivity contribution in [1.82, 2.24) is 0 Å². The molecule has 0 aliphatic heterocycles. The quantitative estimate of drug-likeness (QED) is 0.505. The number of hydrogen-bond donors (Lipinski definition) is 0. The van der Waals surface area contributed by atoms with Crippen LogP contribution in [0.15, 0.2) is 0 Å². The summed E-state index contributed by atoms with van der Waals surface area (Å²) in [7, 11) is -8.06. The Balaban J connectivity index is 3.37. The van der Waals surface area contributed by atoms with Gasteiger partial charge in [0.2, 0.25) is 0 Å². The van der Waals surface area contributed by atoms with Crippen molar-refractivity contribution in [3.05, 3.63) is 0 Å². The summed E-state index contributed by atoms with van der Waals surface area (Å²) in [6.45, 7) is 0.886. The van der Waals surface area contributed by atoms with Crippen molar-refractivity contribution >= 4 is 8.32 Å². The first-order valence-electron chi connectivity index (χ1n) is 6.07. The molecule has 0 radical (unpaired) electrons. The predicted octanol–water partition coefficient (Wildman–Crippen LogP) is 4.98. The van der Waals surface area contributed by atoms with Crippen LogP contribution in [0.5, 0.6) is 0 Å². The molecule has 1 nitrogen and oxygen atoms in total. The van der Waals surface area contributed by atoms with E-state index in [1.807, 2.05) is 0 Å². The van der Waals surface area contributed by atoms with Gasteiger partial charge in [-0.15, -0.1) is 0 Å². The van der Waals surface area contributed by atoms with Gasteiger partial charge in [0, 0.05) is 0 Å². The van der Waals surface area contributed by atoms with Crippen molar-refractivity contribution in [3.8, 4) is 0 Å². The predicted molar refractivity (Wildman–Crippen MR) is 56.5 cm³/mol. The summed E-state index contributed by atoms with van der Waals surface area (Å²) in [5.41, 5.74) is -2.06. The van der Waals surface area contributed by atoms with Crippen LogP contribution in [0.1, 0.15) is 39.0 Å². The van der Waals surface area contributed by atoms with Gasteiger partial charge in [0.15, 0.2) is 0 Å². The maximum absolute atomic E-state index is 12.8. The first kappa shape index (κ1) is 18.6. The molecular weight excluding hydrogens is 335 g/mol. The lowest BCUT2D eigenvalue weighted by Gasteiger charge is -2.44. The molecule has 1 saturated carbocycles. The van der Waals surface area contributed by atoms with E-state index in [2.05, 4.69) is 4.43 Å². The summed E-state index contributed by atoms with van der Waals surface area (Å²) in [5.74, 6) is -19.6. The van der Waals surface area contributed by atoms with Crippen molar-refractivity contribution in [2.24, 2.45) is 0 Å². The normalized spacial score (nSPS) is 21.4. The SMILES string of the molecule is CC1(O[Si](C(F)(F)F)(C(F)(F)F)C(F)(F)F)CCCCC1. The molecule has 0 amide bonds. The largest absolute Gasteiger partial charge is 0.548 e. The summed E-state index contributed by atoms with van der Waals surface area (Å²) in [6.07, 6.45) is 0.481. The Morgan fingerprint density at radius 3 is 1.33 bits per heavy atom. The fourth-order valence-corrected chi connectivity index (χ4v) is 4.68. The Labute approximate surface area is 115 Å². The number of rotatable bonds is 2. The lowest BCUT2D eigenvalue weighted by molar-refractivity contribution is -0.207. The molecule has 126 valence electrons. The Hall–Kier alpha value is -0.453. The smallest absolute Gasteiger partial charge is 0.391 e. The molecular formula is C10H13F9OSi. The monoisotopic (exact) mass is 348 g/mol. The van der Waals surface area contributed by atoms with Gasteiger partial charge in [-0.1, -0.05) is 19.3 Å². The lowest BCUT2D eigenvalue weighted by atomic mass is 9.87. The minimum absolute atomic E-state index is 0.231. The Morgan fingerprint density at radius 1 is 0.714 bits per heavy atom. The molecule has 1 fully saturated rings. The molecule has 0 aromatic carbocycles. The summed E-state index contributed by atoms with van der Waals surface area (Å²) >= 11 is 0. The van der Waals surface area contributed by atoms with Gasteiger partial charge in [0.05, 0.1) is 5.60 Å². The molecule has 0 spiro atoms. The Morgan fingerprint density at radius 2 is 1.05 bits per heavy atom. The van der Waals surface area contributed by atoms with E-state index >= 15 is 0 Å². The van der Waals surface area contributed by atoms with Gasteiger partial charge < -0.3 is 4.43 Å². The van der Waals surface area contributed by atoms with E-state index < -0.39 is 31.3 Å². The zero-order valence-electron chi connectivity index (χ0n) is 10.8. The van der Waals surface area contributed by atoms with E-state index in [0.717, 1.165) is 6.92 Å². The first-order chi connectivity index (χ1) is 9.16. The standard InChI is InChI=1S/C10H13F9OSi/c1-7(5-3-2-4-6-7)20-21(8(11,12)13,9(14,15)16)10(17,18)19/h2-6H2,1H3. The summed E-state index contributed by atoms with van der Waals surface area (Å²) in [4.78, 5) is 0. The lowest BCUT2D eigenvalue weighted by Crippen LogP contribution is -2.75. The van der Waals surface area contributed by atoms with Gasteiger partial charge in [-0.05, 0) is 19.8 Å². The van der Waals surface area contributed by atoms with Gasteiger partial charge in [-0.2, -0.15) is 39.5 Å². The van der Waals surface area contributed by atoms with Crippen LogP contribution in [0.4, 0.5) is 39.5 Å². The van der Waals surface area contributed by atoms with Gasteiger partial charge in [-0.3, -0.25) is 0 Å². The number of alkyl halides is 9. The molecule has 0 aromatic rings. The van der Waals surface area contributed by atoms with Gasteiger partial charge in [0.25, 0.3) is 0 Å². The van der Waals surface area contributed by atoms with Crippen LogP contribution < -0.4 is 0 Å². The van der Waals surface area contributed by atoms with E-state index in [1.54, 1.807) is 0 Å². The Bertz CT molecular complexity index is 328. The molecule has 0 saturated heterocycles. The fraction of sp³-hybridized carbons (Fsp3) is 1.00. The average Bonchev–Trinajstić information content (AvgIpc) is 2.21. The minimum atomic E-state index is -8.06. The van der Waals surface area contributed by atoms with Crippen LogP contribution in [0.3, 0.4) is 0 Å². The van der Waals surface area contributed by atoms with Gasteiger partial charge in [0.1, 0.15) is 0 Å². The molecule has 0 aromatic heterocycles. The van der Waals surface area contributed by atoms with Gasteiger partial charge >= 0.3 is 25.7 Å². The average molecular weight is 348 g/mol. The van der Waals surface area contributed by atoms with Crippen LogP contribution in [0.2, 0.25) is 0 Å². The van der Waals surface area contributed by atoms with E-state index in [1.165, 1.54) is 0 Å². The third-order valence-electron chi connectivity index (χ3n) is 3.51. The second-order valence-corrected chi connectivity index (χ2v) is 8.55. The third-order valence-corrected chi connectivity index (χ3v) is 6.70. The maximum Gasteiger partial charge on any atom is 0.548 e.